The molecule has 1 aromatic carbocycles. The Labute approximate surface area is 121 Å². The van der Waals surface area contributed by atoms with Gasteiger partial charge < -0.3 is 10.3 Å². The third-order valence-electron chi connectivity index (χ3n) is 3.95. The van der Waals surface area contributed by atoms with Gasteiger partial charge in [0, 0.05) is 6.07 Å². The number of hydrogen-bond donors (Lipinski definition) is 1. The average molecular weight is 288 g/mol. The summed E-state index contributed by atoms with van der Waals surface area (Å²) in [6.45, 7) is 0. The van der Waals surface area contributed by atoms with Crippen molar-refractivity contribution in [1.82, 2.24) is 10.1 Å². The molecule has 7 heteroatoms. The fraction of sp³-hybridized carbons (Fsp3) is 0.429. The summed E-state index contributed by atoms with van der Waals surface area (Å²) in [6.07, 6.45) is 4.84. The summed E-state index contributed by atoms with van der Waals surface area (Å²) >= 11 is 0. The summed E-state index contributed by atoms with van der Waals surface area (Å²) in [4.78, 5) is 14.9. The Hall–Kier alpha value is -2.28. The molecule has 0 saturated heterocycles. The maximum Gasteiger partial charge on any atom is 0.282 e. The minimum atomic E-state index is -0.580. The summed E-state index contributed by atoms with van der Waals surface area (Å²) < 4.78 is 5.21. The monoisotopic (exact) mass is 288 g/mol. The predicted octanol–water partition coefficient (Wildman–Crippen LogP) is 2.76. The van der Waals surface area contributed by atoms with Gasteiger partial charge in [0.15, 0.2) is 5.82 Å². The quantitative estimate of drug-likeness (QED) is 0.687. The summed E-state index contributed by atoms with van der Waals surface area (Å²) in [5.41, 5.74) is 6.04. The molecule has 0 spiro atoms. The van der Waals surface area contributed by atoms with E-state index in [9.17, 15) is 10.1 Å². The number of rotatable bonds is 3. The average Bonchev–Trinajstić information content (AvgIpc) is 2.98. The minimum Gasteiger partial charge on any atom is -0.334 e. The normalized spacial score (nSPS) is 17.6. The van der Waals surface area contributed by atoms with Gasteiger partial charge >= 0.3 is 0 Å². The molecule has 110 valence electrons. The van der Waals surface area contributed by atoms with Crippen LogP contribution in [0.2, 0.25) is 0 Å². The Morgan fingerprint density at radius 1 is 1.24 bits per heavy atom. The van der Waals surface area contributed by atoms with Gasteiger partial charge in [-0.05, 0) is 18.9 Å². The van der Waals surface area contributed by atoms with E-state index in [2.05, 4.69) is 10.1 Å². The van der Waals surface area contributed by atoms with Crippen LogP contribution in [0.4, 0.5) is 5.69 Å². The van der Waals surface area contributed by atoms with Crippen molar-refractivity contribution in [2.75, 3.05) is 0 Å². The molecule has 1 fully saturated rings. The van der Waals surface area contributed by atoms with Crippen LogP contribution in [0.3, 0.4) is 0 Å². The van der Waals surface area contributed by atoms with Gasteiger partial charge in [0.05, 0.1) is 10.5 Å². The van der Waals surface area contributed by atoms with E-state index in [1.54, 1.807) is 18.2 Å². The van der Waals surface area contributed by atoms with Crippen molar-refractivity contribution in [2.45, 2.75) is 37.6 Å². The van der Waals surface area contributed by atoms with Crippen LogP contribution in [0.5, 0.6) is 0 Å². The highest BCUT2D eigenvalue weighted by atomic mass is 16.6. The van der Waals surface area contributed by atoms with E-state index < -0.39 is 10.5 Å². The second-order valence-electron chi connectivity index (χ2n) is 5.41. The largest absolute Gasteiger partial charge is 0.334 e. The molecule has 0 unspecified atom stereocenters. The molecule has 1 aromatic heterocycles. The van der Waals surface area contributed by atoms with Crippen molar-refractivity contribution in [1.29, 1.82) is 0 Å². The van der Waals surface area contributed by atoms with Crippen LogP contribution in [-0.2, 0) is 5.54 Å². The molecule has 2 N–H and O–H groups in total. The van der Waals surface area contributed by atoms with Crippen molar-refractivity contribution in [2.24, 2.45) is 5.73 Å². The van der Waals surface area contributed by atoms with Gasteiger partial charge in [-0.15, -0.1) is 0 Å². The molecule has 1 aliphatic rings. The lowest BCUT2D eigenvalue weighted by molar-refractivity contribution is -0.384. The second kappa shape index (κ2) is 5.25. The number of nitro benzene ring substituents is 1. The summed E-state index contributed by atoms with van der Waals surface area (Å²) in [7, 11) is 0. The van der Waals surface area contributed by atoms with Gasteiger partial charge in [0.1, 0.15) is 5.56 Å². The Kier molecular flexibility index (Phi) is 3.42. The molecule has 3 rings (SSSR count). The van der Waals surface area contributed by atoms with Crippen molar-refractivity contribution < 1.29 is 9.45 Å². The standard InChI is InChI=1S/C14H16N4O3/c15-14(8-4-1-5-9-14)13-16-12(21-17-13)10-6-2-3-7-11(10)18(19)20/h2-3,6-7H,1,4-5,8-9,15H2. The van der Waals surface area contributed by atoms with Gasteiger partial charge in [-0.3, -0.25) is 10.1 Å². The van der Waals surface area contributed by atoms with Gasteiger partial charge in [0.25, 0.3) is 11.6 Å². The second-order valence-corrected chi connectivity index (χ2v) is 5.41. The molecule has 0 atom stereocenters. The van der Waals surface area contributed by atoms with E-state index in [1.165, 1.54) is 6.07 Å². The van der Waals surface area contributed by atoms with Crippen molar-refractivity contribution in [3.63, 3.8) is 0 Å². The van der Waals surface area contributed by atoms with Crippen molar-refractivity contribution in [3.05, 3.63) is 40.2 Å². The Balaban J connectivity index is 1.97. The van der Waals surface area contributed by atoms with Gasteiger partial charge in [-0.2, -0.15) is 4.98 Å². The minimum absolute atomic E-state index is 0.0533. The Bertz CT molecular complexity index is 662. The SMILES string of the molecule is NC1(c2noc(-c3ccccc3[N+](=O)[O-])n2)CCCCC1. The van der Waals surface area contributed by atoms with Crippen LogP contribution in [0.15, 0.2) is 28.8 Å². The zero-order chi connectivity index (χ0) is 14.9. The van der Waals surface area contributed by atoms with E-state index in [0.29, 0.717) is 11.4 Å². The molecule has 0 amide bonds. The van der Waals surface area contributed by atoms with E-state index in [1.807, 2.05) is 0 Å². The van der Waals surface area contributed by atoms with Crippen LogP contribution in [0.1, 0.15) is 37.9 Å². The lowest BCUT2D eigenvalue weighted by Crippen LogP contribution is -2.39. The first kappa shape index (κ1) is 13.7. The van der Waals surface area contributed by atoms with Crippen molar-refractivity contribution >= 4 is 5.69 Å². The highest BCUT2D eigenvalue weighted by Crippen LogP contribution is 2.35. The summed E-state index contributed by atoms with van der Waals surface area (Å²) in [6, 6.07) is 6.31. The number of para-hydroxylation sites is 1. The van der Waals surface area contributed by atoms with Gasteiger partial charge in [-0.1, -0.05) is 36.6 Å². The molecular formula is C14H16N4O3. The Morgan fingerprint density at radius 2 is 1.95 bits per heavy atom. The molecule has 1 heterocycles. The number of nitro groups is 1. The van der Waals surface area contributed by atoms with Gasteiger partial charge in [-0.25, -0.2) is 0 Å². The number of benzene rings is 1. The highest BCUT2D eigenvalue weighted by Gasteiger charge is 2.35. The van der Waals surface area contributed by atoms with Crippen LogP contribution in [0, 0.1) is 10.1 Å². The van der Waals surface area contributed by atoms with Crippen LogP contribution < -0.4 is 5.73 Å². The molecular weight excluding hydrogens is 272 g/mol. The van der Waals surface area contributed by atoms with E-state index in [4.69, 9.17) is 10.3 Å². The zero-order valence-electron chi connectivity index (χ0n) is 11.5. The fourth-order valence-electron chi connectivity index (χ4n) is 2.76. The molecule has 21 heavy (non-hydrogen) atoms. The molecule has 0 radical (unpaired) electrons. The molecule has 0 bridgehead atoms. The van der Waals surface area contributed by atoms with E-state index >= 15 is 0 Å². The number of nitrogens with zero attached hydrogens (tertiary/aromatic N) is 3. The van der Waals surface area contributed by atoms with Gasteiger partial charge in [0.2, 0.25) is 0 Å². The topological polar surface area (TPSA) is 108 Å². The first-order valence-electron chi connectivity index (χ1n) is 6.97. The zero-order valence-corrected chi connectivity index (χ0v) is 11.5. The van der Waals surface area contributed by atoms with Crippen LogP contribution in [-0.4, -0.2) is 15.1 Å². The van der Waals surface area contributed by atoms with E-state index in [-0.39, 0.29) is 11.6 Å². The molecule has 0 aliphatic heterocycles. The number of hydrogen-bond acceptors (Lipinski definition) is 6. The number of nitrogens with two attached hydrogens (primary N) is 1. The Morgan fingerprint density at radius 3 is 2.67 bits per heavy atom. The number of aromatic nitrogens is 2. The summed E-state index contributed by atoms with van der Waals surface area (Å²) in [5.74, 6) is 0.586. The maximum absolute atomic E-state index is 11.1. The van der Waals surface area contributed by atoms with Crippen molar-refractivity contribution in [3.8, 4) is 11.5 Å². The lowest BCUT2D eigenvalue weighted by Gasteiger charge is -2.29. The first-order valence-corrected chi connectivity index (χ1v) is 6.97. The lowest BCUT2D eigenvalue weighted by atomic mass is 9.82. The molecule has 2 aromatic rings. The molecule has 1 aliphatic carbocycles. The third-order valence-corrected chi connectivity index (χ3v) is 3.95. The third kappa shape index (κ3) is 2.52. The summed E-state index contributed by atoms with van der Waals surface area (Å²) in [5, 5.41) is 15.0. The van der Waals surface area contributed by atoms with E-state index in [0.717, 1.165) is 32.1 Å². The smallest absolute Gasteiger partial charge is 0.282 e. The maximum atomic E-state index is 11.1. The highest BCUT2D eigenvalue weighted by molar-refractivity contribution is 5.66. The molecule has 1 saturated carbocycles. The predicted molar refractivity (Wildman–Crippen MR) is 75.3 cm³/mol. The van der Waals surface area contributed by atoms with Crippen LogP contribution >= 0.6 is 0 Å². The van der Waals surface area contributed by atoms with Crippen LogP contribution in [0.25, 0.3) is 11.5 Å². The fourth-order valence-corrected chi connectivity index (χ4v) is 2.76. The molecule has 7 nitrogen and oxygen atoms in total. The first-order chi connectivity index (χ1) is 10.1.